The molecule has 1 heterocycles. The minimum Gasteiger partial charge on any atom is -0.495 e. The van der Waals surface area contributed by atoms with Gasteiger partial charge in [0.25, 0.3) is 5.69 Å². The number of nitrogens with zero attached hydrogens (tertiary/aromatic N) is 3. The van der Waals surface area contributed by atoms with E-state index in [4.69, 9.17) is 21.1 Å². The summed E-state index contributed by atoms with van der Waals surface area (Å²) < 4.78 is 10.6. The number of carbonyl (C=O) groups is 2. The maximum absolute atomic E-state index is 12.9. The molecule has 1 aliphatic heterocycles. The largest absolute Gasteiger partial charge is 0.495 e. The second-order valence-corrected chi connectivity index (χ2v) is 8.35. The van der Waals surface area contributed by atoms with Crippen molar-refractivity contribution in [3.8, 4) is 11.5 Å². The van der Waals surface area contributed by atoms with E-state index >= 15 is 0 Å². The number of carbonyl (C=O) groups excluding carboxylic acids is 2. The van der Waals surface area contributed by atoms with Crippen LogP contribution >= 0.6 is 23.4 Å². The summed E-state index contributed by atoms with van der Waals surface area (Å²) in [5.41, 5.74) is 0.261. The lowest BCUT2D eigenvalue weighted by Gasteiger charge is -2.14. The number of methoxy groups -OCH3 is 2. The maximum atomic E-state index is 12.9. The van der Waals surface area contributed by atoms with Crippen LogP contribution in [0.4, 0.5) is 17.1 Å². The fraction of sp³-hybridized carbons (Fsp3) is 0.286. The van der Waals surface area contributed by atoms with E-state index in [1.165, 1.54) is 37.3 Å². The van der Waals surface area contributed by atoms with E-state index in [2.05, 4.69) is 10.3 Å². The number of para-hydroxylation sites is 2. The van der Waals surface area contributed by atoms with E-state index in [1.807, 2.05) is 0 Å². The van der Waals surface area contributed by atoms with Gasteiger partial charge in [0.05, 0.1) is 24.2 Å². The zero-order valence-corrected chi connectivity index (χ0v) is 19.6. The minimum atomic E-state index is -0.730. The first-order valence-electron chi connectivity index (χ1n) is 9.80. The van der Waals surface area contributed by atoms with Crippen LogP contribution in [0.1, 0.15) is 13.3 Å². The van der Waals surface area contributed by atoms with Crippen LogP contribution in [0.15, 0.2) is 41.4 Å². The number of hydrogen-bond acceptors (Lipinski definition) is 8. The van der Waals surface area contributed by atoms with Crippen molar-refractivity contribution < 1.29 is 24.0 Å². The van der Waals surface area contributed by atoms with Gasteiger partial charge in [-0.15, -0.1) is 0 Å². The Morgan fingerprint density at radius 1 is 1.27 bits per heavy atom. The van der Waals surface area contributed by atoms with E-state index in [9.17, 15) is 19.7 Å². The summed E-state index contributed by atoms with van der Waals surface area (Å²) in [4.78, 5) is 42.1. The smallest absolute Gasteiger partial charge is 0.292 e. The topological polar surface area (TPSA) is 123 Å². The van der Waals surface area contributed by atoms with Crippen molar-refractivity contribution in [1.82, 2.24) is 4.90 Å². The van der Waals surface area contributed by atoms with Crippen LogP contribution in [0.3, 0.4) is 0 Å². The zero-order chi connectivity index (χ0) is 24.1. The Balaban J connectivity index is 1.82. The van der Waals surface area contributed by atoms with Gasteiger partial charge in [0, 0.05) is 31.2 Å². The summed E-state index contributed by atoms with van der Waals surface area (Å²) in [6.45, 7) is 2.14. The first kappa shape index (κ1) is 24.3. The molecule has 1 atom stereocenters. The number of nitrogens with one attached hydrogen (secondary N) is 1. The second-order valence-electron chi connectivity index (χ2n) is 6.77. The molecule has 1 unspecified atom stereocenters. The van der Waals surface area contributed by atoms with Crippen molar-refractivity contribution in [1.29, 1.82) is 0 Å². The van der Waals surface area contributed by atoms with Crippen molar-refractivity contribution in [2.45, 2.75) is 18.6 Å². The molecular formula is C21H21ClN4O6S. The predicted octanol–water partition coefficient (Wildman–Crippen LogP) is 4.25. The normalized spacial score (nSPS) is 16.7. The number of amidine groups is 1. The van der Waals surface area contributed by atoms with Crippen LogP contribution in [-0.2, 0) is 9.59 Å². The molecule has 3 rings (SSSR count). The molecule has 2 amide bonds. The van der Waals surface area contributed by atoms with Crippen molar-refractivity contribution in [3.63, 3.8) is 0 Å². The molecule has 0 radical (unpaired) electrons. The van der Waals surface area contributed by atoms with Crippen molar-refractivity contribution in [2.75, 3.05) is 26.1 Å². The fourth-order valence-electron chi connectivity index (χ4n) is 3.16. The van der Waals surface area contributed by atoms with Crippen LogP contribution in [0, 0.1) is 10.1 Å². The lowest BCUT2D eigenvalue weighted by atomic mass is 10.2. The molecule has 1 saturated heterocycles. The highest BCUT2D eigenvalue weighted by Crippen LogP contribution is 2.40. The van der Waals surface area contributed by atoms with Gasteiger partial charge in [-0.05, 0) is 13.0 Å². The number of benzene rings is 2. The monoisotopic (exact) mass is 492 g/mol. The maximum Gasteiger partial charge on any atom is 0.292 e. The van der Waals surface area contributed by atoms with Crippen LogP contribution < -0.4 is 14.8 Å². The predicted molar refractivity (Wildman–Crippen MR) is 127 cm³/mol. The molecule has 174 valence electrons. The summed E-state index contributed by atoms with van der Waals surface area (Å²) in [6, 6.07) is 8.98. The van der Waals surface area contributed by atoms with Crippen LogP contribution in [-0.4, -0.2) is 52.8 Å². The van der Waals surface area contributed by atoms with Crippen molar-refractivity contribution in [2.24, 2.45) is 4.99 Å². The van der Waals surface area contributed by atoms with Crippen LogP contribution in [0.25, 0.3) is 0 Å². The van der Waals surface area contributed by atoms with Gasteiger partial charge in [-0.25, -0.2) is 4.99 Å². The highest BCUT2D eigenvalue weighted by atomic mass is 35.5. The third-order valence-electron chi connectivity index (χ3n) is 4.75. The number of aliphatic imine (C=N–C) groups is 1. The quantitative estimate of drug-likeness (QED) is 0.431. The molecule has 33 heavy (non-hydrogen) atoms. The Kier molecular flexibility index (Phi) is 7.77. The average Bonchev–Trinajstić information content (AvgIpc) is 3.08. The van der Waals surface area contributed by atoms with E-state index in [0.29, 0.717) is 33.9 Å². The van der Waals surface area contributed by atoms with Gasteiger partial charge in [0.2, 0.25) is 11.8 Å². The van der Waals surface area contributed by atoms with E-state index < -0.39 is 16.1 Å². The van der Waals surface area contributed by atoms with Crippen molar-refractivity contribution in [3.05, 3.63) is 51.5 Å². The van der Waals surface area contributed by atoms with E-state index in [-0.39, 0.29) is 23.7 Å². The summed E-state index contributed by atoms with van der Waals surface area (Å²) >= 11 is 7.28. The molecule has 0 aromatic heterocycles. The molecule has 1 fully saturated rings. The Bertz CT molecular complexity index is 1130. The SMILES string of the molecule is CCN1C(=O)C(CC(=O)Nc2ccccc2[N+](=O)[O-])SC1=Nc1cc(OC)c(Cl)cc1OC. The standard InChI is InChI=1S/C21H21ClN4O6S/c1-4-25-20(28)18(11-19(27)23-13-7-5-6-8-15(13)26(29)30)33-21(25)24-14-10-16(31-2)12(22)9-17(14)32-3/h5-10,18H,4,11H2,1-3H3,(H,23,27). The summed E-state index contributed by atoms with van der Waals surface area (Å²) in [5, 5.41) is 13.7. The number of thioether (sulfide) groups is 1. The summed E-state index contributed by atoms with van der Waals surface area (Å²) in [5.74, 6) is 0.00149. The number of hydrogen-bond donors (Lipinski definition) is 1. The van der Waals surface area contributed by atoms with Gasteiger partial charge < -0.3 is 14.8 Å². The molecule has 12 heteroatoms. The van der Waals surface area contributed by atoms with Gasteiger partial charge in [-0.2, -0.15) is 0 Å². The number of ether oxygens (including phenoxy) is 2. The molecule has 10 nitrogen and oxygen atoms in total. The third kappa shape index (κ3) is 5.37. The second kappa shape index (κ2) is 10.5. The number of amides is 2. The lowest BCUT2D eigenvalue weighted by Crippen LogP contribution is -2.33. The molecule has 1 aliphatic rings. The average molecular weight is 493 g/mol. The first-order valence-corrected chi connectivity index (χ1v) is 11.1. The van der Waals surface area contributed by atoms with Crippen LogP contribution in [0.5, 0.6) is 11.5 Å². The van der Waals surface area contributed by atoms with Gasteiger partial charge in [-0.3, -0.25) is 24.6 Å². The molecule has 0 spiro atoms. The molecule has 2 aromatic rings. The van der Waals surface area contributed by atoms with E-state index in [1.54, 1.807) is 25.1 Å². The third-order valence-corrected chi connectivity index (χ3v) is 6.22. The number of halogens is 1. The number of nitro benzene ring substituents is 1. The number of anilines is 1. The van der Waals surface area contributed by atoms with Gasteiger partial charge in [-0.1, -0.05) is 35.5 Å². The highest BCUT2D eigenvalue weighted by molar-refractivity contribution is 8.15. The van der Waals surface area contributed by atoms with Gasteiger partial charge in [0.1, 0.15) is 28.1 Å². The van der Waals surface area contributed by atoms with E-state index in [0.717, 1.165) is 11.8 Å². The number of rotatable bonds is 8. The summed E-state index contributed by atoms with van der Waals surface area (Å²) in [7, 11) is 2.95. The van der Waals surface area contributed by atoms with Crippen LogP contribution in [0.2, 0.25) is 5.02 Å². The molecule has 0 saturated carbocycles. The molecular weight excluding hydrogens is 472 g/mol. The summed E-state index contributed by atoms with van der Waals surface area (Å²) in [6.07, 6.45) is -0.174. The van der Waals surface area contributed by atoms with Crippen molar-refractivity contribution >= 4 is 57.4 Å². The Morgan fingerprint density at radius 2 is 1.97 bits per heavy atom. The highest BCUT2D eigenvalue weighted by Gasteiger charge is 2.38. The molecule has 0 bridgehead atoms. The number of nitro groups is 1. The minimum absolute atomic E-state index is 0.0715. The molecule has 2 aromatic carbocycles. The van der Waals surface area contributed by atoms with Gasteiger partial charge >= 0.3 is 0 Å². The molecule has 1 N–H and O–H groups in total. The lowest BCUT2D eigenvalue weighted by molar-refractivity contribution is -0.383. The zero-order valence-electron chi connectivity index (χ0n) is 18.0. The Hall–Kier alpha value is -3.31. The van der Waals surface area contributed by atoms with Gasteiger partial charge in [0.15, 0.2) is 5.17 Å². The Morgan fingerprint density at radius 3 is 2.61 bits per heavy atom. The molecule has 0 aliphatic carbocycles. The fourth-order valence-corrected chi connectivity index (χ4v) is 4.60. The first-order chi connectivity index (χ1) is 15.8. The Labute approximate surface area is 199 Å².